The maximum atomic E-state index is 12.3. The molecule has 0 aromatic carbocycles. The summed E-state index contributed by atoms with van der Waals surface area (Å²) in [5.74, 6) is 0.895. The first-order valence-electron chi connectivity index (χ1n) is 7.45. The number of hydrogen-bond donors (Lipinski definition) is 1. The van der Waals surface area contributed by atoms with E-state index in [1.54, 1.807) is 0 Å². The minimum Gasteiger partial charge on any atom is -0.366 e. The average molecular weight is 250 g/mol. The van der Waals surface area contributed by atoms with E-state index in [4.69, 9.17) is 0 Å². The lowest BCUT2D eigenvalue weighted by atomic mass is 9.84. The number of nitrogens with zero attached hydrogens (tertiary/aromatic N) is 1. The van der Waals surface area contributed by atoms with Crippen molar-refractivity contribution >= 4 is 5.91 Å². The van der Waals surface area contributed by atoms with Gasteiger partial charge in [-0.15, -0.1) is 0 Å². The average Bonchev–Trinajstić information content (AvgIpc) is 2.88. The zero-order valence-corrected chi connectivity index (χ0v) is 11.7. The Kier molecular flexibility index (Phi) is 4.67. The second kappa shape index (κ2) is 6.26. The third-order valence-corrected chi connectivity index (χ3v) is 4.45. The number of nitrogens with one attached hydrogen (secondary N) is 1. The lowest BCUT2D eigenvalue weighted by molar-refractivity contribution is -0.126. The second-order valence-corrected chi connectivity index (χ2v) is 5.66. The second-order valence-electron chi connectivity index (χ2n) is 5.66. The van der Waals surface area contributed by atoms with Crippen LogP contribution in [0.1, 0.15) is 52.4 Å². The van der Waals surface area contributed by atoms with E-state index >= 15 is 0 Å². The van der Waals surface area contributed by atoms with Crippen molar-refractivity contribution in [1.82, 2.24) is 10.2 Å². The summed E-state index contributed by atoms with van der Waals surface area (Å²) < 4.78 is 0. The highest BCUT2D eigenvalue weighted by atomic mass is 16.2. The van der Waals surface area contributed by atoms with Crippen molar-refractivity contribution in [2.45, 2.75) is 64.5 Å². The van der Waals surface area contributed by atoms with E-state index in [0.717, 1.165) is 13.0 Å². The molecule has 2 atom stereocenters. The van der Waals surface area contributed by atoms with Crippen LogP contribution in [0.3, 0.4) is 0 Å². The predicted molar refractivity (Wildman–Crippen MR) is 74.1 cm³/mol. The number of likely N-dealkylation sites (N-methyl/N-ethyl adjacent to an activating group) is 1. The molecule has 1 heterocycles. The minimum atomic E-state index is 0.0287. The van der Waals surface area contributed by atoms with Crippen molar-refractivity contribution in [2.24, 2.45) is 5.92 Å². The lowest BCUT2D eigenvalue weighted by Crippen LogP contribution is -2.47. The summed E-state index contributed by atoms with van der Waals surface area (Å²) in [6.07, 6.45) is 11.6. The molecule has 1 saturated carbocycles. The van der Waals surface area contributed by atoms with Gasteiger partial charge in [0.2, 0.25) is 5.91 Å². The standard InChI is InChI=1S/C15H26N2O/c1-3-17-11-7-10-14(17)15(18)16-12(2)13-8-5-4-6-9-13/h7,11-14H,3-6,8-10H2,1-2H3,(H,16,18)/t12-,14+/m1/s1. The van der Waals surface area contributed by atoms with Crippen molar-refractivity contribution in [2.75, 3.05) is 6.54 Å². The summed E-state index contributed by atoms with van der Waals surface area (Å²) in [4.78, 5) is 14.4. The number of carbonyl (C=O) groups is 1. The maximum Gasteiger partial charge on any atom is 0.243 e. The van der Waals surface area contributed by atoms with Crippen molar-refractivity contribution < 1.29 is 4.79 Å². The Morgan fingerprint density at radius 3 is 2.78 bits per heavy atom. The van der Waals surface area contributed by atoms with Crippen LogP contribution in [0.15, 0.2) is 12.3 Å². The van der Waals surface area contributed by atoms with Crippen molar-refractivity contribution in [3.05, 3.63) is 12.3 Å². The van der Waals surface area contributed by atoms with Gasteiger partial charge in [-0.3, -0.25) is 4.79 Å². The summed E-state index contributed by atoms with van der Waals surface area (Å²) in [6.45, 7) is 5.18. The molecule has 1 fully saturated rings. The summed E-state index contributed by atoms with van der Waals surface area (Å²) >= 11 is 0. The van der Waals surface area contributed by atoms with Crippen LogP contribution < -0.4 is 5.32 Å². The molecule has 3 heteroatoms. The van der Waals surface area contributed by atoms with Crippen molar-refractivity contribution in [3.8, 4) is 0 Å². The van der Waals surface area contributed by atoms with E-state index in [2.05, 4.69) is 36.3 Å². The van der Waals surface area contributed by atoms with Gasteiger partial charge in [-0.1, -0.05) is 25.3 Å². The smallest absolute Gasteiger partial charge is 0.243 e. The molecule has 1 aliphatic heterocycles. The molecule has 1 amide bonds. The molecule has 102 valence electrons. The molecule has 0 unspecified atom stereocenters. The van der Waals surface area contributed by atoms with Gasteiger partial charge in [0.1, 0.15) is 6.04 Å². The largest absolute Gasteiger partial charge is 0.366 e. The van der Waals surface area contributed by atoms with Gasteiger partial charge in [-0.2, -0.15) is 0 Å². The summed E-state index contributed by atoms with van der Waals surface area (Å²) in [5.41, 5.74) is 0. The van der Waals surface area contributed by atoms with Gasteiger partial charge in [-0.05, 0) is 45.2 Å². The van der Waals surface area contributed by atoms with Gasteiger partial charge in [0, 0.05) is 12.6 Å². The van der Waals surface area contributed by atoms with Crippen molar-refractivity contribution in [1.29, 1.82) is 0 Å². The molecule has 18 heavy (non-hydrogen) atoms. The Balaban J connectivity index is 1.83. The molecule has 0 aromatic heterocycles. The fraction of sp³-hybridized carbons (Fsp3) is 0.800. The van der Waals surface area contributed by atoms with E-state index in [9.17, 15) is 4.79 Å². The van der Waals surface area contributed by atoms with Gasteiger partial charge < -0.3 is 10.2 Å². The van der Waals surface area contributed by atoms with Gasteiger partial charge in [0.15, 0.2) is 0 Å². The fourth-order valence-corrected chi connectivity index (χ4v) is 3.22. The number of rotatable bonds is 4. The highest BCUT2D eigenvalue weighted by Gasteiger charge is 2.28. The van der Waals surface area contributed by atoms with Crippen LogP contribution in [0.4, 0.5) is 0 Å². The first-order chi connectivity index (χ1) is 8.72. The van der Waals surface area contributed by atoms with E-state index in [0.29, 0.717) is 12.0 Å². The molecule has 3 nitrogen and oxygen atoms in total. The zero-order chi connectivity index (χ0) is 13.0. The normalized spacial score (nSPS) is 26.3. The Hall–Kier alpha value is -0.990. The van der Waals surface area contributed by atoms with Crippen LogP contribution in [0.2, 0.25) is 0 Å². The van der Waals surface area contributed by atoms with Crippen LogP contribution in [-0.4, -0.2) is 29.4 Å². The number of carbonyl (C=O) groups excluding carboxylic acids is 1. The first kappa shape index (κ1) is 13.4. The lowest BCUT2D eigenvalue weighted by Gasteiger charge is -2.31. The molecule has 1 aliphatic carbocycles. The fourth-order valence-electron chi connectivity index (χ4n) is 3.22. The molecule has 0 saturated heterocycles. The third-order valence-electron chi connectivity index (χ3n) is 4.45. The zero-order valence-electron chi connectivity index (χ0n) is 11.7. The van der Waals surface area contributed by atoms with Crippen molar-refractivity contribution in [3.63, 3.8) is 0 Å². The van der Waals surface area contributed by atoms with Crippen LogP contribution >= 0.6 is 0 Å². The molecular formula is C15H26N2O. The molecule has 0 aromatic rings. The van der Waals surface area contributed by atoms with Crippen LogP contribution in [-0.2, 0) is 4.79 Å². The highest BCUT2D eigenvalue weighted by Crippen LogP contribution is 2.26. The molecule has 2 rings (SSSR count). The number of hydrogen-bond acceptors (Lipinski definition) is 2. The van der Waals surface area contributed by atoms with Gasteiger partial charge in [0.05, 0.1) is 0 Å². The predicted octanol–water partition coefficient (Wildman–Crippen LogP) is 2.68. The van der Waals surface area contributed by atoms with E-state index in [-0.39, 0.29) is 11.9 Å². The molecule has 2 aliphatic rings. The van der Waals surface area contributed by atoms with Crippen LogP contribution in [0, 0.1) is 5.92 Å². The molecule has 0 spiro atoms. The van der Waals surface area contributed by atoms with E-state index in [1.165, 1.54) is 32.1 Å². The van der Waals surface area contributed by atoms with Gasteiger partial charge in [0.25, 0.3) is 0 Å². The Morgan fingerprint density at radius 1 is 1.39 bits per heavy atom. The minimum absolute atomic E-state index is 0.0287. The van der Waals surface area contributed by atoms with Gasteiger partial charge >= 0.3 is 0 Å². The topological polar surface area (TPSA) is 32.3 Å². The Labute approximate surface area is 111 Å². The van der Waals surface area contributed by atoms with E-state index < -0.39 is 0 Å². The summed E-state index contributed by atoms with van der Waals surface area (Å²) in [6, 6.07) is 0.359. The molecule has 0 radical (unpaired) electrons. The maximum absolute atomic E-state index is 12.3. The Morgan fingerprint density at radius 2 is 2.11 bits per heavy atom. The number of amides is 1. The third kappa shape index (κ3) is 3.06. The first-order valence-corrected chi connectivity index (χ1v) is 7.45. The quantitative estimate of drug-likeness (QED) is 0.832. The van der Waals surface area contributed by atoms with E-state index in [1.807, 2.05) is 0 Å². The van der Waals surface area contributed by atoms with Crippen LogP contribution in [0.5, 0.6) is 0 Å². The van der Waals surface area contributed by atoms with Gasteiger partial charge in [-0.25, -0.2) is 0 Å². The SMILES string of the molecule is CCN1C=CC[C@H]1C(=O)N[C@H](C)C1CCCCC1. The Bertz CT molecular complexity index is 308. The molecule has 0 bridgehead atoms. The molecular weight excluding hydrogens is 224 g/mol. The summed E-state index contributed by atoms with van der Waals surface area (Å²) in [5, 5.41) is 3.24. The molecule has 1 N–H and O–H groups in total. The monoisotopic (exact) mass is 250 g/mol. The van der Waals surface area contributed by atoms with Crippen LogP contribution in [0.25, 0.3) is 0 Å². The summed E-state index contributed by atoms with van der Waals surface area (Å²) in [7, 11) is 0. The highest BCUT2D eigenvalue weighted by molar-refractivity contribution is 5.82.